The normalized spacial score (nSPS) is 11.2. The Morgan fingerprint density at radius 1 is 1.42 bits per heavy atom. The van der Waals surface area contributed by atoms with Crippen molar-refractivity contribution in [3.63, 3.8) is 0 Å². The van der Waals surface area contributed by atoms with E-state index in [0.29, 0.717) is 0 Å². The zero-order valence-corrected chi connectivity index (χ0v) is 10.3. The van der Waals surface area contributed by atoms with Gasteiger partial charge >= 0.3 is 0 Å². The van der Waals surface area contributed by atoms with Gasteiger partial charge in [0.2, 0.25) is 0 Å². The zero-order valence-electron chi connectivity index (χ0n) is 10.3. The summed E-state index contributed by atoms with van der Waals surface area (Å²) in [7, 11) is 0. The van der Waals surface area contributed by atoms with Gasteiger partial charge in [0, 0.05) is 35.6 Å². The lowest BCUT2D eigenvalue weighted by molar-refractivity contribution is 0.868. The predicted molar refractivity (Wildman–Crippen MR) is 72.6 cm³/mol. The van der Waals surface area contributed by atoms with Crippen molar-refractivity contribution in [3.8, 4) is 11.8 Å². The van der Waals surface area contributed by atoms with Crippen molar-refractivity contribution in [1.29, 1.82) is 5.26 Å². The third kappa shape index (κ3) is 1.89. The van der Waals surface area contributed by atoms with Crippen LogP contribution >= 0.6 is 0 Å². The van der Waals surface area contributed by atoms with Crippen LogP contribution in [0.3, 0.4) is 0 Å². The van der Waals surface area contributed by atoms with E-state index in [1.54, 1.807) is 12.3 Å². The molecule has 0 aromatic carbocycles. The quantitative estimate of drug-likeness (QED) is 0.709. The van der Waals surface area contributed by atoms with Gasteiger partial charge in [-0.25, -0.2) is 9.67 Å². The van der Waals surface area contributed by atoms with Crippen LogP contribution in [0.1, 0.15) is 11.3 Å². The maximum absolute atomic E-state index is 8.58. The molecule has 92 valence electrons. The van der Waals surface area contributed by atoms with Crippen LogP contribution in [0.2, 0.25) is 0 Å². The minimum absolute atomic E-state index is 0.833. The summed E-state index contributed by atoms with van der Waals surface area (Å²) < 4.78 is 1.81. The molecular formula is C14H11N5. The van der Waals surface area contributed by atoms with Crippen LogP contribution in [0, 0.1) is 18.3 Å². The molecule has 5 heteroatoms. The summed E-state index contributed by atoms with van der Waals surface area (Å²) >= 11 is 0. The Morgan fingerprint density at radius 2 is 2.32 bits per heavy atom. The molecule has 3 aromatic rings. The fraction of sp³-hybridized carbons (Fsp3) is 0.0714. The summed E-state index contributed by atoms with van der Waals surface area (Å²) in [6.07, 6.45) is 8.72. The lowest BCUT2D eigenvalue weighted by Gasteiger charge is -2.01. The van der Waals surface area contributed by atoms with Crippen molar-refractivity contribution in [2.24, 2.45) is 0 Å². The molecule has 0 radical (unpaired) electrons. The number of pyridine rings is 1. The Balaban J connectivity index is 2.15. The molecule has 3 rings (SSSR count). The third-order valence-electron chi connectivity index (χ3n) is 2.96. The summed E-state index contributed by atoms with van der Waals surface area (Å²) in [5.41, 5.74) is 3.61. The second kappa shape index (κ2) is 4.42. The van der Waals surface area contributed by atoms with Crippen molar-refractivity contribution >= 4 is 17.1 Å². The molecular weight excluding hydrogens is 238 g/mol. The summed E-state index contributed by atoms with van der Waals surface area (Å²) in [5, 5.41) is 14.1. The summed E-state index contributed by atoms with van der Waals surface area (Å²) in [4.78, 5) is 7.33. The van der Waals surface area contributed by atoms with Crippen molar-refractivity contribution < 1.29 is 0 Å². The first kappa shape index (κ1) is 11.2. The van der Waals surface area contributed by atoms with E-state index in [0.717, 1.165) is 28.0 Å². The largest absolute Gasteiger partial charge is 0.346 e. The molecule has 0 unspecified atom stereocenters. The Morgan fingerprint density at radius 3 is 3.16 bits per heavy atom. The van der Waals surface area contributed by atoms with E-state index in [2.05, 4.69) is 15.1 Å². The van der Waals surface area contributed by atoms with Crippen molar-refractivity contribution in [2.75, 3.05) is 0 Å². The lowest BCUT2D eigenvalue weighted by atomic mass is 10.2. The molecule has 3 heterocycles. The SMILES string of the molecule is Cc1nn(-c2ccnc3[nH]ccc23)cc1/C=C/C#N. The zero-order chi connectivity index (χ0) is 13.2. The number of aryl methyl sites for hydroxylation is 1. The van der Waals surface area contributed by atoms with Crippen molar-refractivity contribution in [1.82, 2.24) is 19.7 Å². The number of H-pyrrole nitrogens is 1. The van der Waals surface area contributed by atoms with E-state index in [1.807, 2.05) is 42.2 Å². The number of aromatic amines is 1. The maximum Gasteiger partial charge on any atom is 0.139 e. The minimum atomic E-state index is 0.833. The van der Waals surface area contributed by atoms with E-state index >= 15 is 0 Å². The minimum Gasteiger partial charge on any atom is -0.346 e. The number of nitrogens with zero attached hydrogens (tertiary/aromatic N) is 4. The third-order valence-corrected chi connectivity index (χ3v) is 2.96. The second-order valence-corrected chi connectivity index (χ2v) is 4.15. The highest BCUT2D eigenvalue weighted by Gasteiger charge is 2.08. The topological polar surface area (TPSA) is 70.3 Å². The highest BCUT2D eigenvalue weighted by molar-refractivity contribution is 5.84. The Bertz CT molecular complexity index is 801. The van der Waals surface area contributed by atoms with Crippen molar-refractivity contribution in [3.05, 3.63) is 48.1 Å². The molecule has 1 N–H and O–H groups in total. The van der Waals surface area contributed by atoms with Crippen LogP contribution in [0.25, 0.3) is 22.8 Å². The molecule has 0 aliphatic rings. The summed E-state index contributed by atoms with van der Waals surface area (Å²) in [5.74, 6) is 0. The molecule has 0 saturated heterocycles. The predicted octanol–water partition coefficient (Wildman–Crippen LogP) is 2.59. The first-order valence-corrected chi connectivity index (χ1v) is 5.84. The number of allylic oxidation sites excluding steroid dienone is 1. The number of rotatable bonds is 2. The first-order valence-electron chi connectivity index (χ1n) is 5.84. The van der Waals surface area contributed by atoms with Gasteiger partial charge < -0.3 is 4.98 Å². The molecule has 0 bridgehead atoms. The van der Waals surface area contributed by atoms with Gasteiger partial charge in [0.25, 0.3) is 0 Å². The van der Waals surface area contributed by atoms with E-state index in [-0.39, 0.29) is 0 Å². The highest BCUT2D eigenvalue weighted by Crippen LogP contribution is 2.20. The van der Waals surface area contributed by atoms with Crippen LogP contribution in [-0.2, 0) is 0 Å². The van der Waals surface area contributed by atoms with Crippen LogP contribution in [-0.4, -0.2) is 19.7 Å². The van der Waals surface area contributed by atoms with Gasteiger partial charge in [-0.3, -0.25) is 0 Å². The number of nitrogens with one attached hydrogen (secondary N) is 1. The van der Waals surface area contributed by atoms with E-state index in [1.165, 1.54) is 6.08 Å². The molecule has 0 saturated carbocycles. The molecule has 0 aliphatic heterocycles. The highest BCUT2D eigenvalue weighted by atomic mass is 15.3. The van der Waals surface area contributed by atoms with Gasteiger partial charge in [-0.05, 0) is 25.1 Å². The van der Waals surface area contributed by atoms with Crippen LogP contribution in [0.5, 0.6) is 0 Å². The maximum atomic E-state index is 8.58. The number of fused-ring (bicyclic) bond motifs is 1. The number of hydrogen-bond acceptors (Lipinski definition) is 3. The second-order valence-electron chi connectivity index (χ2n) is 4.15. The van der Waals surface area contributed by atoms with Gasteiger partial charge in [-0.15, -0.1) is 0 Å². The van der Waals surface area contributed by atoms with Gasteiger partial charge in [0.05, 0.1) is 17.5 Å². The fourth-order valence-electron chi connectivity index (χ4n) is 2.03. The monoisotopic (exact) mass is 249 g/mol. The molecule has 0 amide bonds. The van der Waals surface area contributed by atoms with E-state index in [9.17, 15) is 0 Å². The van der Waals surface area contributed by atoms with Crippen molar-refractivity contribution in [2.45, 2.75) is 6.92 Å². The molecule has 0 atom stereocenters. The number of nitriles is 1. The standard InChI is InChI=1S/C14H11N5/c1-10-11(3-2-6-15)9-19(18-10)13-5-8-17-14-12(13)4-7-16-14/h2-5,7-9H,1H3,(H,16,17)/b3-2+. The van der Waals surface area contributed by atoms with Gasteiger partial charge in [0.15, 0.2) is 0 Å². The Labute approximate surface area is 109 Å². The van der Waals surface area contributed by atoms with Gasteiger partial charge in [-0.1, -0.05) is 0 Å². The molecule has 5 nitrogen and oxygen atoms in total. The summed E-state index contributed by atoms with van der Waals surface area (Å²) in [6, 6.07) is 5.87. The average Bonchev–Trinajstić information content (AvgIpc) is 3.02. The first-order chi connectivity index (χ1) is 9.29. The molecule has 0 fully saturated rings. The molecule has 0 spiro atoms. The average molecular weight is 249 g/mol. The molecule has 0 aliphatic carbocycles. The number of hydrogen-bond donors (Lipinski definition) is 1. The number of aromatic nitrogens is 4. The van der Waals surface area contributed by atoms with Gasteiger partial charge in [-0.2, -0.15) is 10.4 Å². The fourth-order valence-corrected chi connectivity index (χ4v) is 2.03. The Hall–Kier alpha value is -2.87. The lowest BCUT2D eigenvalue weighted by Crippen LogP contribution is -1.96. The molecule has 19 heavy (non-hydrogen) atoms. The van der Waals surface area contributed by atoms with E-state index < -0.39 is 0 Å². The van der Waals surface area contributed by atoms with E-state index in [4.69, 9.17) is 5.26 Å². The van der Waals surface area contributed by atoms with Crippen LogP contribution < -0.4 is 0 Å². The Kier molecular flexibility index (Phi) is 2.62. The van der Waals surface area contributed by atoms with Crippen LogP contribution in [0.4, 0.5) is 0 Å². The van der Waals surface area contributed by atoms with Gasteiger partial charge in [0.1, 0.15) is 5.65 Å². The summed E-state index contributed by atoms with van der Waals surface area (Å²) in [6.45, 7) is 1.92. The van der Waals surface area contributed by atoms with Crippen LogP contribution in [0.15, 0.2) is 36.8 Å². The molecule has 3 aromatic heterocycles. The smallest absolute Gasteiger partial charge is 0.139 e.